The van der Waals surface area contributed by atoms with Gasteiger partial charge in [0.1, 0.15) is 17.3 Å². The Morgan fingerprint density at radius 3 is 2.28 bits per heavy atom. The summed E-state index contributed by atoms with van der Waals surface area (Å²) in [5.41, 5.74) is 0.339. The third kappa shape index (κ3) is 4.07. The summed E-state index contributed by atoms with van der Waals surface area (Å²) < 4.78 is 27.2. The third-order valence-electron chi connectivity index (χ3n) is 3.20. The number of hydrogen-bond donors (Lipinski definition) is 2. The largest absolute Gasteiger partial charge is 0.322 e. The number of carbonyl (C=O) groups is 1. The predicted molar refractivity (Wildman–Crippen MR) is 91.1 cm³/mol. The quantitative estimate of drug-likeness (QED) is 0.723. The summed E-state index contributed by atoms with van der Waals surface area (Å²) in [5, 5.41) is 5.57. The minimum Gasteiger partial charge on any atom is -0.322 e. The van der Waals surface area contributed by atoms with Crippen molar-refractivity contribution in [2.75, 3.05) is 10.6 Å². The van der Waals surface area contributed by atoms with Crippen LogP contribution in [0.1, 0.15) is 10.4 Å². The van der Waals surface area contributed by atoms with Crippen molar-refractivity contribution in [3.05, 3.63) is 77.1 Å². The van der Waals surface area contributed by atoms with Crippen LogP contribution in [0.15, 0.2) is 54.9 Å². The summed E-state index contributed by atoms with van der Waals surface area (Å²) in [7, 11) is 0. The molecule has 0 atom stereocenters. The number of aromatic nitrogens is 2. The lowest BCUT2D eigenvalue weighted by molar-refractivity contribution is 0.102. The Balaban J connectivity index is 1.72. The van der Waals surface area contributed by atoms with Crippen molar-refractivity contribution in [2.45, 2.75) is 0 Å². The number of carbonyl (C=O) groups excluding carboxylic acids is 1. The van der Waals surface area contributed by atoms with E-state index in [1.807, 2.05) is 0 Å². The number of benzene rings is 2. The molecule has 3 aromatic rings. The van der Waals surface area contributed by atoms with E-state index in [4.69, 9.17) is 11.6 Å². The van der Waals surface area contributed by atoms with Gasteiger partial charge in [0.15, 0.2) is 0 Å². The molecular formula is C17H11ClF2N4O. The van der Waals surface area contributed by atoms with Crippen molar-refractivity contribution in [3.8, 4) is 0 Å². The maximum atomic E-state index is 13.6. The minimum atomic E-state index is -0.772. The van der Waals surface area contributed by atoms with Gasteiger partial charge in [0.25, 0.3) is 5.91 Å². The second kappa shape index (κ2) is 7.23. The van der Waals surface area contributed by atoms with Crippen LogP contribution < -0.4 is 10.6 Å². The van der Waals surface area contributed by atoms with Gasteiger partial charge in [-0.1, -0.05) is 23.7 Å². The number of nitrogens with one attached hydrogen (secondary N) is 2. The molecule has 126 valence electrons. The van der Waals surface area contributed by atoms with Gasteiger partial charge in [0.05, 0.1) is 5.56 Å². The zero-order valence-corrected chi connectivity index (χ0v) is 13.4. The van der Waals surface area contributed by atoms with Gasteiger partial charge in [-0.3, -0.25) is 4.79 Å². The lowest BCUT2D eigenvalue weighted by Gasteiger charge is -2.08. The second-order valence-electron chi connectivity index (χ2n) is 4.98. The topological polar surface area (TPSA) is 66.9 Å². The van der Waals surface area contributed by atoms with Crippen molar-refractivity contribution < 1.29 is 13.6 Å². The van der Waals surface area contributed by atoms with Gasteiger partial charge in [-0.15, -0.1) is 0 Å². The highest BCUT2D eigenvalue weighted by Gasteiger charge is 2.11. The van der Waals surface area contributed by atoms with Crippen LogP contribution in [0.25, 0.3) is 0 Å². The Morgan fingerprint density at radius 2 is 1.64 bits per heavy atom. The van der Waals surface area contributed by atoms with Gasteiger partial charge in [-0.05, 0) is 30.3 Å². The van der Waals surface area contributed by atoms with Crippen LogP contribution in [-0.4, -0.2) is 15.9 Å². The molecule has 3 rings (SSSR count). The summed E-state index contributed by atoms with van der Waals surface area (Å²) in [6, 6.07) is 10.1. The molecule has 0 bridgehead atoms. The van der Waals surface area contributed by atoms with E-state index in [-0.39, 0.29) is 17.2 Å². The maximum Gasteiger partial charge on any atom is 0.258 e. The fourth-order valence-electron chi connectivity index (χ4n) is 2.01. The van der Waals surface area contributed by atoms with Gasteiger partial charge in [0.2, 0.25) is 5.95 Å². The van der Waals surface area contributed by atoms with E-state index in [1.165, 1.54) is 18.5 Å². The van der Waals surface area contributed by atoms with Crippen LogP contribution in [0.5, 0.6) is 0 Å². The monoisotopic (exact) mass is 360 g/mol. The molecule has 0 spiro atoms. The predicted octanol–water partition coefficient (Wildman–Crippen LogP) is 4.40. The zero-order chi connectivity index (χ0) is 17.8. The molecule has 0 fully saturated rings. The van der Waals surface area contributed by atoms with Gasteiger partial charge in [0, 0.05) is 23.1 Å². The first kappa shape index (κ1) is 16.8. The second-order valence-corrected chi connectivity index (χ2v) is 5.42. The summed E-state index contributed by atoms with van der Waals surface area (Å²) in [6.45, 7) is 0. The van der Waals surface area contributed by atoms with Crippen LogP contribution in [0, 0.1) is 11.6 Å². The van der Waals surface area contributed by atoms with Crippen molar-refractivity contribution in [1.29, 1.82) is 0 Å². The van der Waals surface area contributed by atoms with E-state index in [0.717, 1.165) is 12.1 Å². The van der Waals surface area contributed by atoms with Gasteiger partial charge >= 0.3 is 0 Å². The van der Waals surface area contributed by atoms with Crippen LogP contribution in [0.4, 0.5) is 26.1 Å². The van der Waals surface area contributed by atoms with Crippen LogP contribution in [-0.2, 0) is 0 Å². The Kier molecular flexibility index (Phi) is 4.85. The van der Waals surface area contributed by atoms with E-state index >= 15 is 0 Å². The SMILES string of the molecule is O=C(Nc1cccc(Cl)c1)c1cnc(Nc2c(F)cccc2F)nc1. The van der Waals surface area contributed by atoms with Gasteiger partial charge < -0.3 is 10.6 Å². The molecule has 5 nitrogen and oxygen atoms in total. The zero-order valence-electron chi connectivity index (χ0n) is 12.6. The molecule has 2 N–H and O–H groups in total. The summed E-state index contributed by atoms with van der Waals surface area (Å²) >= 11 is 5.85. The molecular weight excluding hydrogens is 350 g/mol. The molecule has 1 amide bonds. The Labute approximate surface area is 146 Å². The normalized spacial score (nSPS) is 10.4. The van der Waals surface area contributed by atoms with Gasteiger partial charge in [-0.2, -0.15) is 0 Å². The Morgan fingerprint density at radius 1 is 1.00 bits per heavy atom. The summed E-state index contributed by atoms with van der Waals surface area (Å²) in [4.78, 5) is 19.9. The first-order chi connectivity index (χ1) is 12.0. The Bertz CT molecular complexity index is 899. The number of hydrogen-bond acceptors (Lipinski definition) is 4. The first-order valence-electron chi connectivity index (χ1n) is 7.13. The molecule has 0 saturated carbocycles. The van der Waals surface area contributed by atoms with E-state index in [0.29, 0.717) is 10.7 Å². The molecule has 0 aliphatic rings. The summed E-state index contributed by atoms with van der Waals surface area (Å²) in [6.07, 6.45) is 2.49. The molecule has 8 heteroatoms. The number of anilines is 3. The van der Waals surface area contributed by atoms with E-state index in [2.05, 4.69) is 20.6 Å². The first-order valence-corrected chi connectivity index (χ1v) is 7.51. The molecule has 2 aromatic carbocycles. The fraction of sp³-hybridized carbons (Fsp3) is 0. The van der Waals surface area contributed by atoms with Crippen molar-refractivity contribution >= 4 is 34.8 Å². The van der Waals surface area contributed by atoms with Crippen LogP contribution in [0.2, 0.25) is 5.02 Å². The highest BCUT2D eigenvalue weighted by Crippen LogP contribution is 2.21. The molecule has 0 aliphatic carbocycles. The Hall–Kier alpha value is -3.06. The fourth-order valence-corrected chi connectivity index (χ4v) is 2.20. The molecule has 0 saturated heterocycles. The number of nitrogens with zero attached hydrogens (tertiary/aromatic N) is 2. The molecule has 0 aliphatic heterocycles. The molecule has 0 unspecified atom stereocenters. The number of amides is 1. The van der Waals surface area contributed by atoms with Crippen LogP contribution in [0.3, 0.4) is 0 Å². The lowest BCUT2D eigenvalue weighted by atomic mass is 10.2. The average Bonchev–Trinajstić information content (AvgIpc) is 2.59. The number of halogens is 3. The van der Waals surface area contributed by atoms with E-state index in [1.54, 1.807) is 24.3 Å². The van der Waals surface area contributed by atoms with Gasteiger partial charge in [-0.25, -0.2) is 18.7 Å². The third-order valence-corrected chi connectivity index (χ3v) is 3.43. The van der Waals surface area contributed by atoms with Crippen molar-refractivity contribution in [2.24, 2.45) is 0 Å². The smallest absolute Gasteiger partial charge is 0.258 e. The van der Waals surface area contributed by atoms with E-state index in [9.17, 15) is 13.6 Å². The molecule has 1 heterocycles. The average molecular weight is 361 g/mol. The summed E-state index contributed by atoms with van der Waals surface area (Å²) in [5.74, 6) is -2.02. The number of para-hydroxylation sites is 1. The lowest BCUT2D eigenvalue weighted by Crippen LogP contribution is -2.13. The highest BCUT2D eigenvalue weighted by atomic mass is 35.5. The van der Waals surface area contributed by atoms with Crippen LogP contribution >= 0.6 is 11.6 Å². The van der Waals surface area contributed by atoms with E-state index < -0.39 is 17.5 Å². The maximum absolute atomic E-state index is 13.6. The minimum absolute atomic E-state index is 0.0386. The molecule has 0 radical (unpaired) electrons. The molecule has 1 aromatic heterocycles. The van der Waals surface area contributed by atoms with Crippen molar-refractivity contribution in [1.82, 2.24) is 9.97 Å². The molecule has 25 heavy (non-hydrogen) atoms. The standard InChI is InChI=1S/C17H11ClF2N4O/c18-11-3-1-4-12(7-11)23-16(25)10-8-21-17(22-9-10)24-15-13(19)5-2-6-14(15)20/h1-9H,(H,23,25)(H,21,22,24). The van der Waals surface area contributed by atoms with Crippen molar-refractivity contribution in [3.63, 3.8) is 0 Å². The highest BCUT2D eigenvalue weighted by molar-refractivity contribution is 6.30. The number of rotatable bonds is 4.